The lowest BCUT2D eigenvalue weighted by atomic mass is 10.0. The number of rotatable bonds is 18. The van der Waals surface area contributed by atoms with Crippen molar-refractivity contribution in [2.45, 2.75) is 121 Å². The van der Waals surface area contributed by atoms with Crippen molar-refractivity contribution in [1.82, 2.24) is 0 Å². The van der Waals surface area contributed by atoms with Crippen LogP contribution in [-0.4, -0.2) is 59.6 Å². The molecule has 4 atom stereocenters. The van der Waals surface area contributed by atoms with Crippen LogP contribution in [0.2, 0.25) is 0 Å². The smallest absolute Gasteiger partial charge is 0.114 e. The molecule has 5 nitrogen and oxygen atoms in total. The van der Waals surface area contributed by atoms with E-state index in [1.807, 2.05) is 0 Å². The third kappa shape index (κ3) is 12.7. The molecular formula is C24H46O5. The van der Waals surface area contributed by atoms with E-state index in [0.717, 1.165) is 25.7 Å². The van der Waals surface area contributed by atoms with Crippen LogP contribution in [0.1, 0.15) is 96.8 Å². The molecule has 1 fully saturated rings. The fourth-order valence-electron chi connectivity index (χ4n) is 3.79. The molecule has 0 aliphatic carbocycles. The largest absolute Gasteiger partial charge is 0.394 e. The molecule has 1 aliphatic rings. The number of aliphatic hydroxyl groups excluding tert-OH is 3. The first-order valence-corrected chi connectivity index (χ1v) is 12.1. The first-order chi connectivity index (χ1) is 14.2. The van der Waals surface area contributed by atoms with Crippen LogP contribution < -0.4 is 0 Å². The molecule has 0 amide bonds. The average Bonchev–Trinajstić information content (AvgIpc) is 2.72. The predicted molar refractivity (Wildman–Crippen MR) is 118 cm³/mol. The lowest BCUT2D eigenvalue weighted by molar-refractivity contribution is -0.210. The van der Waals surface area contributed by atoms with Gasteiger partial charge < -0.3 is 24.8 Å². The van der Waals surface area contributed by atoms with Crippen molar-refractivity contribution in [3.63, 3.8) is 0 Å². The van der Waals surface area contributed by atoms with Crippen molar-refractivity contribution in [3.8, 4) is 0 Å². The quantitative estimate of drug-likeness (QED) is 0.227. The van der Waals surface area contributed by atoms with Gasteiger partial charge in [0.15, 0.2) is 0 Å². The Kier molecular flexibility index (Phi) is 16.8. The highest BCUT2D eigenvalue weighted by atomic mass is 16.6. The number of hydrogen-bond acceptors (Lipinski definition) is 5. The first kappa shape index (κ1) is 26.6. The molecule has 0 radical (unpaired) electrons. The highest BCUT2D eigenvalue weighted by Gasteiger charge is 2.38. The van der Waals surface area contributed by atoms with Crippen molar-refractivity contribution in [2.75, 3.05) is 19.8 Å². The molecule has 1 aliphatic heterocycles. The van der Waals surface area contributed by atoms with Gasteiger partial charge in [0, 0.05) is 6.61 Å². The maximum atomic E-state index is 10.1. The zero-order chi connectivity index (χ0) is 21.2. The Morgan fingerprint density at radius 2 is 1.38 bits per heavy atom. The Bertz CT molecular complexity index is 387. The third-order valence-corrected chi connectivity index (χ3v) is 5.72. The summed E-state index contributed by atoms with van der Waals surface area (Å²) < 4.78 is 10.8. The van der Waals surface area contributed by atoms with Gasteiger partial charge in [-0.3, -0.25) is 0 Å². The van der Waals surface area contributed by atoms with E-state index in [4.69, 9.17) is 14.6 Å². The average molecular weight is 415 g/mol. The van der Waals surface area contributed by atoms with Crippen LogP contribution in [-0.2, 0) is 9.47 Å². The van der Waals surface area contributed by atoms with E-state index in [1.165, 1.54) is 64.2 Å². The summed E-state index contributed by atoms with van der Waals surface area (Å²) in [4.78, 5) is 0. The maximum Gasteiger partial charge on any atom is 0.114 e. The van der Waals surface area contributed by atoms with Gasteiger partial charge in [-0.15, -0.1) is 0 Å². The van der Waals surface area contributed by atoms with Gasteiger partial charge in [0.1, 0.15) is 24.4 Å². The first-order valence-electron chi connectivity index (χ1n) is 12.1. The number of unbranched alkanes of at least 4 members (excludes halogenated alkanes) is 12. The Labute approximate surface area is 178 Å². The standard InChI is InChI=1S/C24H46O5/c1-2-3-4-5-6-7-8-9-10-11-12-13-14-15-16-17-18-28-24-21(26)20-29-22(19-25)23(24)27/h12-13,21-27H,2-11,14-20H2,1H3/b13-12+/t21-,22+,23+,24+/m1/s1. The van der Waals surface area contributed by atoms with E-state index in [0.29, 0.717) is 6.61 Å². The molecule has 0 aromatic rings. The Balaban J connectivity index is 1.88. The van der Waals surface area contributed by atoms with Gasteiger partial charge in [-0.05, 0) is 32.1 Å². The van der Waals surface area contributed by atoms with Gasteiger partial charge in [0.25, 0.3) is 0 Å². The molecular weight excluding hydrogens is 368 g/mol. The molecule has 29 heavy (non-hydrogen) atoms. The molecule has 1 rings (SSSR count). The summed E-state index contributed by atoms with van der Waals surface area (Å²) in [7, 11) is 0. The topological polar surface area (TPSA) is 79.2 Å². The highest BCUT2D eigenvalue weighted by molar-refractivity contribution is 4.87. The van der Waals surface area contributed by atoms with Crippen LogP contribution in [0.25, 0.3) is 0 Å². The summed E-state index contributed by atoms with van der Waals surface area (Å²) in [6.07, 6.45) is 19.3. The van der Waals surface area contributed by atoms with E-state index in [-0.39, 0.29) is 13.2 Å². The second kappa shape index (κ2) is 18.3. The van der Waals surface area contributed by atoms with Crippen molar-refractivity contribution in [2.24, 2.45) is 0 Å². The summed E-state index contributed by atoms with van der Waals surface area (Å²) >= 11 is 0. The van der Waals surface area contributed by atoms with Crippen LogP contribution in [0.4, 0.5) is 0 Å². The third-order valence-electron chi connectivity index (χ3n) is 5.72. The summed E-state index contributed by atoms with van der Waals surface area (Å²) in [5, 5.41) is 29.1. The molecule has 0 bridgehead atoms. The monoisotopic (exact) mass is 414 g/mol. The van der Waals surface area contributed by atoms with Crippen LogP contribution in [0.3, 0.4) is 0 Å². The molecule has 0 saturated carbocycles. The zero-order valence-corrected chi connectivity index (χ0v) is 18.6. The summed E-state index contributed by atoms with van der Waals surface area (Å²) in [5.74, 6) is 0. The van der Waals surface area contributed by atoms with E-state index in [9.17, 15) is 10.2 Å². The lowest BCUT2D eigenvalue weighted by Gasteiger charge is -2.37. The van der Waals surface area contributed by atoms with Gasteiger partial charge in [-0.2, -0.15) is 0 Å². The molecule has 1 saturated heterocycles. The molecule has 172 valence electrons. The van der Waals surface area contributed by atoms with Gasteiger partial charge in [0.05, 0.1) is 13.2 Å². The van der Waals surface area contributed by atoms with Crippen molar-refractivity contribution in [1.29, 1.82) is 0 Å². The second-order valence-corrected chi connectivity index (χ2v) is 8.39. The Morgan fingerprint density at radius 1 is 0.828 bits per heavy atom. The molecule has 5 heteroatoms. The Morgan fingerprint density at radius 3 is 1.97 bits per heavy atom. The molecule has 0 unspecified atom stereocenters. The van der Waals surface area contributed by atoms with E-state index in [2.05, 4.69) is 19.1 Å². The number of aliphatic hydroxyl groups is 3. The van der Waals surface area contributed by atoms with E-state index in [1.54, 1.807) is 0 Å². The molecule has 0 aromatic carbocycles. The zero-order valence-electron chi connectivity index (χ0n) is 18.6. The predicted octanol–water partition coefficient (Wildman–Crippen LogP) is 4.52. The van der Waals surface area contributed by atoms with E-state index < -0.39 is 24.4 Å². The van der Waals surface area contributed by atoms with Crippen LogP contribution >= 0.6 is 0 Å². The molecule has 1 heterocycles. The maximum absolute atomic E-state index is 10.1. The molecule has 0 spiro atoms. The normalized spacial score (nSPS) is 25.1. The Hall–Kier alpha value is -0.460. The highest BCUT2D eigenvalue weighted by Crippen LogP contribution is 2.19. The molecule has 3 N–H and O–H groups in total. The SMILES string of the molecule is CCCCCCCCCCC/C=C/CCCCCO[C@@H]1[C@@H](O)[C@H](CO)OC[C@H]1O. The van der Waals surface area contributed by atoms with Gasteiger partial charge >= 0.3 is 0 Å². The van der Waals surface area contributed by atoms with Gasteiger partial charge in [0.2, 0.25) is 0 Å². The minimum atomic E-state index is -0.979. The van der Waals surface area contributed by atoms with Crippen molar-refractivity contribution in [3.05, 3.63) is 12.2 Å². The second-order valence-electron chi connectivity index (χ2n) is 8.39. The van der Waals surface area contributed by atoms with Crippen molar-refractivity contribution >= 4 is 0 Å². The summed E-state index contributed by atoms with van der Waals surface area (Å²) in [6, 6.07) is 0. The number of allylic oxidation sites excluding steroid dienone is 2. The minimum absolute atomic E-state index is 0.0940. The summed E-state index contributed by atoms with van der Waals surface area (Å²) in [6.45, 7) is 2.61. The van der Waals surface area contributed by atoms with Crippen LogP contribution in [0.5, 0.6) is 0 Å². The number of hydrogen-bond donors (Lipinski definition) is 3. The fraction of sp³-hybridized carbons (Fsp3) is 0.917. The lowest BCUT2D eigenvalue weighted by Crippen LogP contribution is -2.55. The molecule has 0 aromatic heterocycles. The number of ether oxygens (including phenoxy) is 2. The van der Waals surface area contributed by atoms with Crippen LogP contribution in [0, 0.1) is 0 Å². The van der Waals surface area contributed by atoms with Crippen molar-refractivity contribution < 1.29 is 24.8 Å². The van der Waals surface area contributed by atoms with Gasteiger partial charge in [-0.25, -0.2) is 0 Å². The van der Waals surface area contributed by atoms with Crippen LogP contribution in [0.15, 0.2) is 12.2 Å². The van der Waals surface area contributed by atoms with Gasteiger partial charge in [-0.1, -0.05) is 76.9 Å². The summed E-state index contributed by atoms with van der Waals surface area (Å²) in [5.41, 5.74) is 0. The minimum Gasteiger partial charge on any atom is -0.394 e. The fourth-order valence-corrected chi connectivity index (χ4v) is 3.79. The van der Waals surface area contributed by atoms with E-state index >= 15 is 0 Å².